The smallest absolute Gasteiger partial charge is 0.208 e. The summed E-state index contributed by atoms with van der Waals surface area (Å²) in [5.74, 6) is 0.804. The van der Waals surface area contributed by atoms with Gasteiger partial charge in [-0.25, -0.2) is 9.37 Å². The second-order valence-corrected chi connectivity index (χ2v) is 3.74. The van der Waals surface area contributed by atoms with E-state index in [1.807, 2.05) is 6.07 Å². The first-order valence-corrected chi connectivity index (χ1v) is 5.19. The molecule has 3 rings (SSSR count). The van der Waals surface area contributed by atoms with Gasteiger partial charge in [0.2, 0.25) is 5.89 Å². The zero-order chi connectivity index (χ0) is 11.8. The fourth-order valence-electron chi connectivity index (χ4n) is 1.76. The molecule has 17 heavy (non-hydrogen) atoms. The minimum absolute atomic E-state index is 0.259. The summed E-state index contributed by atoms with van der Waals surface area (Å²) in [7, 11) is 0. The third-order valence-corrected chi connectivity index (χ3v) is 2.58. The Morgan fingerprint density at radius 1 is 1.35 bits per heavy atom. The van der Waals surface area contributed by atoms with Gasteiger partial charge in [0.1, 0.15) is 5.82 Å². The van der Waals surface area contributed by atoms with Crippen molar-refractivity contribution in [3.8, 4) is 11.5 Å². The Bertz CT molecular complexity index is 671. The minimum atomic E-state index is -0.272. The average Bonchev–Trinajstić information content (AvgIpc) is 2.93. The fraction of sp³-hybridized carbons (Fsp3) is 0.0833. The first-order chi connectivity index (χ1) is 8.26. The fourth-order valence-corrected chi connectivity index (χ4v) is 1.76. The van der Waals surface area contributed by atoms with Crippen LogP contribution in [-0.4, -0.2) is 9.97 Å². The highest BCUT2D eigenvalue weighted by Gasteiger charge is 2.08. The number of hydrogen-bond donors (Lipinski definition) is 2. The summed E-state index contributed by atoms with van der Waals surface area (Å²) in [6.45, 7) is 0.259. The minimum Gasteiger partial charge on any atom is -0.438 e. The third-order valence-electron chi connectivity index (χ3n) is 2.58. The predicted molar refractivity (Wildman–Crippen MR) is 61.6 cm³/mol. The molecule has 2 aromatic heterocycles. The number of H-pyrrole nitrogens is 1. The highest BCUT2D eigenvalue weighted by molar-refractivity contribution is 5.84. The van der Waals surface area contributed by atoms with Gasteiger partial charge in [-0.05, 0) is 24.3 Å². The Hall–Kier alpha value is -2.14. The van der Waals surface area contributed by atoms with Crippen LogP contribution < -0.4 is 5.73 Å². The van der Waals surface area contributed by atoms with E-state index in [0.717, 1.165) is 16.6 Å². The van der Waals surface area contributed by atoms with Crippen LogP contribution in [0.1, 0.15) is 5.89 Å². The molecule has 0 saturated heterocycles. The van der Waals surface area contributed by atoms with Gasteiger partial charge >= 0.3 is 0 Å². The Kier molecular flexibility index (Phi) is 2.19. The summed E-state index contributed by atoms with van der Waals surface area (Å²) >= 11 is 0. The summed E-state index contributed by atoms with van der Waals surface area (Å²) in [4.78, 5) is 7.09. The van der Waals surface area contributed by atoms with Crippen LogP contribution >= 0.6 is 0 Å². The molecular formula is C12H10FN3O. The van der Waals surface area contributed by atoms with Gasteiger partial charge in [0, 0.05) is 10.9 Å². The Balaban J connectivity index is 2.11. The molecule has 0 fully saturated rings. The predicted octanol–water partition coefficient (Wildman–Crippen LogP) is 2.42. The van der Waals surface area contributed by atoms with Gasteiger partial charge in [-0.15, -0.1) is 0 Å². The Morgan fingerprint density at radius 2 is 2.24 bits per heavy atom. The summed E-state index contributed by atoms with van der Waals surface area (Å²) in [6.07, 6.45) is 1.60. The molecule has 2 heterocycles. The Labute approximate surface area is 96.3 Å². The molecule has 3 aromatic rings. The number of fused-ring (bicyclic) bond motifs is 1. The molecule has 5 heteroatoms. The van der Waals surface area contributed by atoms with E-state index in [0.29, 0.717) is 11.7 Å². The molecule has 0 spiro atoms. The van der Waals surface area contributed by atoms with Gasteiger partial charge in [0.15, 0.2) is 5.76 Å². The number of benzene rings is 1. The Morgan fingerprint density at radius 3 is 3.00 bits per heavy atom. The van der Waals surface area contributed by atoms with Crippen LogP contribution in [0, 0.1) is 5.82 Å². The number of aromatic nitrogens is 2. The van der Waals surface area contributed by atoms with Crippen molar-refractivity contribution in [3.05, 3.63) is 42.2 Å². The molecule has 3 N–H and O–H groups in total. The van der Waals surface area contributed by atoms with Crippen molar-refractivity contribution in [1.29, 1.82) is 0 Å². The molecular weight excluding hydrogens is 221 g/mol. The zero-order valence-electron chi connectivity index (χ0n) is 8.90. The monoisotopic (exact) mass is 231 g/mol. The molecule has 0 saturated carbocycles. The molecule has 0 bridgehead atoms. The maximum Gasteiger partial charge on any atom is 0.208 e. The molecule has 0 aliphatic rings. The first-order valence-electron chi connectivity index (χ1n) is 5.19. The lowest BCUT2D eigenvalue weighted by atomic mass is 10.2. The van der Waals surface area contributed by atoms with Crippen molar-refractivity contribution < 1.29 is 8.81 Å². The summed E-state index contributed by atoms with van der Waals surface area (Å²) in [5, 5.41) is 0.923. The van der Waals surface area contributed by atoms with E-state index in [1.54, 1.807) is 12.3 Å². The lowest BCUT2D eigenvalue weighted by Crippen LogP contribution is -1.94. The van der Waals surface area contributed by atoms with E-state index in [2.05, 4.69) is 9.97 Å². The van der Waals surface area contributed by atoms with Gasteiger partial charge in [0.05, 0.1) is 18.4 Å². The van der Waals surface area contributed by atoms with Crippen LogP contribution in [0.3, 0.4) is 0 Å². The number of halogens is 1. The van der Waals surface area contributed by atoms with Crippen LogP contribution in [0.2, 0.25) is 0 Å². The second kappa shape index (κ2) is 3.71. The molecule has 0 radical (unpaired) electrons. The van der Waals surface area contributed by atoms with E-state index in [-0.39, 0.29) is 12.4 Å². The molecule has 0 unspecified atom stereocenters. The van der Waals surface area contributed by atoms with Crippen LogP contribution in [0.5, 0.6) is 0 Å². The van der Waals surface area contributed by atoms with Crippen molar-refractivity contribution >= 4 is 10.9 Å². The topological polar surface area (TPSA) is 67.8 Å². The third kappa shape index (κ3) is 1.70. The highest BCUT2D eigenvalue weighted by atomic mass is 19.1. The number of oxazole rings is 1. The molecule has 0 atom stereocenters. The normalized spacial score (nSPS) is 11.2. The number of nitrogens with one attached hydrogen (secondary N) is 1. The standard InChI is InChI=1S/C12H10FN3O/c13-8-2-1-7-3-10(16-9(7)4-8)11-6-15-12(5-14)17-11/h1-4,6,16H,5,14H2. The van der Waals surface area contributed by atoms with Crippen molar-refractivity contribution in [2.75, 3.05) is 0 Å². The molecule has 0 aliphatic carbocycles. The van der Waals surface area contributed by atoms with E-state index in [1.165, 1.54) is 12.1 Å². The van der Waals surface area contributed by atoms with E-state index in [4.69, 9.17) is 10.2 Å². The van der Waals surface area contributed by atoms with Gasteiger partial charge < -0.3 is 15.1 Å². The number of aromatic amines is 1. The average molecular weight is 231 g/mol. The quantitative estimate of drug-likeness (QED) is 0.711. The van der Waals surface area contributed by atoms with Gasteiger partial charge in [-0.2, -0.15) is 0 Å². The van der Waals surface area contributed by atoms with Gasteiger partial charge in [-0.1, -0.05) is 0 Å². The van der Waals surface area contributed by atoms with Crippen LogP contribution in [-0.2, 0) is 6.54 Å². The van der Waals surface area contributed by atoms with Crippen molar-refractivity contribution in [2.24, 2.45) is 5.73 Å². The summed E-state index contributed by atoms with van der Waals surface area (Å²) < 4.78 is 18.5. The molecule has 0 aliphatic heterocycles. The molecule has 1 aromatic carbocycles. The van der Waals surface area contributed by atoms with Crippen LogP contribution in [0.4, 0.5) is 4.39 Å². The number of hydrogen-bond acceptors (Lipinski definition) is 3. The van der Waals surface area contributed by atoms with Gasteiger partial charge in [-0.3, -0.25) is 0 Å². The number of nitrogens with two attached hydrogens (primary N) is 1. The zero-order valence-corrected chi connectivity index (χ0v) is 8.90. The maximum absolute atomic E-state index is 13.0. The van der Waals surface area contributed by atoms with Crippen LogP contribution in [0.15, 0.2) is 34.9 Å². The summed E-state index contributed by atoms with van der Waals surface area (Å²) in [6, 6.07) is 6.46. The largest absolute Gasteiger partial charge is 0.438 e. The van der Waals surface area contributed by atoms with Crippen LogP contribution in [0.25, 0.3) is 22.4 Å². The molecule has 0 amide bonds. The second-order valence-electron chi connectivity index (χ2n) is 3.74. The van der Waals surface area contributed by atoms with Crippen molar-refractivity contribution in [1.82, 2.24) is 9.97 Å². The lowest BCUT2D eigenvalue weighted by Gasteiger charge is -1.89. The molecule has 86 valence electrons. The molecule has 4 nitrogen and oxygen atoms in total. The highest BCUT2D eigenvalue weighted by Crippen LogP contribution is 2.25. The number of rotatable bonds is 2. The van der Waals surface area contributed by atoms with E-state index < -0.39 is 0 Å². The van der Waals surface area contributed by atoms with Crippen molar-refractivity contribution in [2.45, 2.75) is 6.54 Å². The SMILES string of the molecule is NCc1ncc(-c2cc3ccc(F)cc3[nH]2)o1. The van der Waals surface area contributed by atoms with Crippen molar-refractivity contribution in [3.63, 3.8) is 0 Å². The number of nitrogens with zero attached hydrogens (tertiary/aromatic N) is 1. The van der Waals surface area contributed by atoms with E-state index >= 15 is 0 Å². The first kappa shape index (κ1) is 10.0. The maximum atomic E-state index is 13.0. The lowest BCUT2D eigenvalue weighted by molar-refractivity contribution is 0.508. The van der Waals surface area contributed by atoms with E-state index in [9.17, 15) is 4.39 Å². The summed E-state index contributed by atoms with van der Waals surface area (Å²) in [5.41, 5.74) is 6.91. The van der Waals surface area contributed by atoms with Gasteiger partial charge in [0.25, 0.3) is 0 Å².